The van der Waals surface area contributed by atoms with Crippen LogP contribution in [0.5, 0.6) is 5.75 Å². The molecule has 166 valence electrons. The predicted molar refractivity (Wildman–Crippen MR) is 134 cm³/mol. The van der Waals surface area contributed by atoms with Crippen LogP contribution >= 0.6 is 22.9 Å². The number of ether oxygens (including phenoxy) is 1. The van der Waals surface area contributed by atoms with Gasteiger partial charge in [0.25, 0.3) is 11.8 Å². The Morgan fingerprint density at radius 3 is 2.42 bits per heavy atom. The van der Waals surface area contributed by atoms with Gasteiger partial charge in [-0.2, -0.15) is 5.10 Å². The number of methoxy groups -OCH3 is 1. The van der Waals surface area contributed by atoms with E-state index >= 15 is 0 Å². The number of nitrogens with zero attached hydrogens (tertiary/aromatic N) is 1. The third-order valence-corrected chi connectivity index (χ3v) is 6.55. The molecule has 0 saturated carbocycles. The van der Waals surface area contributed by atoms with E-state index in [0.29, 0.717) is 21.2 Å². The number of hydrazone groups is 1. The first kappa shape index (κ1) is 22.5. The zero-order valence-corrected chi connectivity index (χ0v) is 19.5. The molecule has 0 unspecified atom stereocenters. The number of nitrogens with one attached hydrogen (secondary N) is 2. The van der Waals surface area contributed by atoms with Gasteiger partial charge in [0, 0.05) is 21.3 Å². The Morgan fingerprint density at radius 2 is 1.73 bits per heavy atom. The number of hydrogen-bond donors (Lipinski definition) is 2. The van der Waals surface area contributed by atoms with Gasteiger partial charge in [0.05, 0.1) is 18.3 Å². The fraction of sp³-hybridized carbons (Fsp3) is 0.0800. The molecule has 0 radical (unpaired) electrons. The lowest BCUT2D eigenvalue weighted by Gasteiger charge is -2.05. The highest BCUT2D eigenvalue weighted by atomic mass is 35.5. The summed E-state index contributed by atoms with van der Waals surface area (Å²) in [4.78, 5) is 25.5. The van der Waals surface area contributed by atoms with Crippen LogP contribution in [0, 0.1) is 6.92 Å². The van der Waals surface area contributed by atoms with Crippen molar-refractivity contribution in [1.29, 1.82) is 0 Å². The van der Waals surface area contributed by atoms with E-state index in [-0.39, 0.29) is 11.8 Å². The second kappa shape index (κ2) is 9.85. The molecule has 0 bridgehead atoms. The third-order valence-electron chi connectivity index (χ3n) is 4.89. The van der Waals surface area contributed by atoms with Crippen molar-refractivity contribution < 1.29 is 14.3 Å². The Labute approximate surface area is 199 Å². The fourth-order valence-corrected chi connectivity index (χ4v) is 4.64. The minimum atomic E-state index is -0.361. The highest BCUT2D eigenvalue weighted by Crippen LogP contribution is 2.36. The Hall–Kier alpha value is -3.68. The molecule has 0 aliphatic heterocycles. The van der Waals surface area contributed by atoms with Crippen molar-refractivity contribution in [3.05, 3.63) is 93.3 Å². The minimum absolute atomic E-state index is 0.292. The maximum atomic E-state index is 12.7. The quantitative estimate of drug-likeness (QED) is 0.268. The van der Waals surface area contributed by atoms with Gasteiger partial charge in [-0.15, -0.1) is 11.3 Å². The molecule has 4 aromatic rings. The topological polar surface area (TPSA) is 79.8 Å². The van der Waals surface area contributed by atoms with Gasteiger partial charge in [-0.1, -0.05) is 23.7 Å². The van der Waals surface area contributed by atoms with E-state index < -0.39 is 0 Å². The van der Waals surface area contributed by atoms with Crippen LogP contribution < -0.4 is 15.5 Å². The maximum Gasteiger partial charge on any atom is 0.271 e. The Kier molecular flexibility index (Phi) is 6.72. The lowest BCUT2D eigenvalue weighted by atomic mass is 10.2. The average Bonchev–Trinajstić information content (AvgIpc) is 3.15. The number of fused-ring (bicyclic) bond motifs is 1. The number of anilines is 1. The van der Waals surface area contributed by atoms with Crippen LogP contribution in [0.1, 0.15) is 31.2 Å². The molecule has 0 saturated heterocycles. The Morgan fingerprint density at radius 1 is 1.00 bits per heavy atom. The van der Waals surface area contributed by atoms with Gasteiger partial charge < -0.3 is 10.1 Å². The smallest absolute Gasteiger partial charge is 0.271 e. The summed E-state index contributed by atoms with van der Waals surface area (Å²) in [6, 6.07) is 19.7. The summed E-state index contributed by atoms with van der Waals surface area (Å²) in [7, 11) is 1.60. The van der Waals surface area contributed by atoms with E-state index in [0.717, 1.165) is 27.0 Å². The summed E-state index contributed by atoms with van der Waals surface area (Å²) in [6.07, 6.45) is 1.54. The van der Waals surface area contributed by atoms with Crippen LogP contribution in [0.25, 0.3) is 10.1 Å². The van der Waals surface area contributed by atoms with Crippen LogP contribution in [0.15, 0.2) is 71.8 Å². The van der Waals surface area contributed by atoms with Crippen LogP contribution in [0.2, 0.25) is 5.02 Å². The van der Waals surface area contributed by atoms with Gasteiger partial charge in [-0.3, -0.25) is 9.59 Å². The molecule has 8 heteroatoms. The number of benzene rings is 3. The number of halogens is 1. The van der Waals surface area contributed by atoms with Crippen LogP contribution in [-0.4, -0.2) is 25.1 Å². The van der Waals surface area contributed by atoms with Crippen molar-refractivity contribution >= 4 is 56.7 Å². The van der Waals surface area contributed by atoms with E-state index in [1.54, 1.807) is 37.6 Å². The van der Waals surface area contributed by atoms with Gasteiger partial charge in [-0.25, -0.2) is 5.43 Å². The van der Waals surface area contributed by atoms with E-state index in [2.05, 4.69) is 15.8 Å². The van der Waals surface area contributed by atoms with E-state index in [1.165, 1.54) is 11.3 Å². The zero-order valence-electron chi connectivity index (χ0n) is 17.9. The first-order chi connectivity index (χ1) is 15.9. The summed E-state index contributed by atoms with van der Waals surface area (Å²) in [5, 5.41) is 8.11. The van der Waals surface area contributed by atoms with Crippen LogP contribution in [-0.2, 0) is 0 Å². The molecule has 1 heterocycles. The SMILES string of the molecule is COc1ccc(/C=N\NC(=O)c2ccc(NC(=O)c3sc4cc(C)ccc4c3Cl)cc2)cc1. The Balaban J connectivity index is 1.38. The standard InChI is InChI=1S/C25H20ClN3O3S/c1-15-3-12-20-21(13-15)33-23(22(20)26)25(31)28-18-8-6-17(7-9-18)24(30)29-27-14-16-4-10-19(32-2)11-5-16/h3-14H,1-2H3,(H,28,31)(H,29,30)/b27-14-. The molecule has 0 atom stereocenters. The highest BCUT2D eigenvalue weighted by molar-refractivity contribution is 7.21. The van der Waals surface area contributed by atoms with Gasteiger partial charge in [-0.05, 0) is 72.6 Å². The molecule has 2 N–H and O–H groups in total. The highest BCUT2D eigenvalue weighted by Gasteiger charge is 2.17. The molecule has 3 aromatic carbocycles. The Bertz CT molecular complexity index is 1350. The molecule has 2 amide bonds. The molecular formula is C25H20ClN3O3S. The molecule has 1 aromatic heterocycles. The summed E-state index contributed by atoms with van der Waals surface area (Å²) < 4.78 is 6.07. The maximum absolute atomic E-state index is 12.7. The number of amides is 2. The monoisotopic (exact) mass is 477 g/mol. The molecule has 0 aliphatic rings. The first-order valence-corrected chi connectivity index (χ1v) is 11.2. The van der Waals surface area contributed by atoms with Crippen molar-refractivity contribution in [2.45, 2.75) is 6.92 Å². The number of carbonyl (C=O) groups is 2. The molecule has 6 nitrogen and oxygen atoms in total. The number of hydrogen-bond acceptors (Lipinski definition) is 5. The fourth-order valence-electron chi connectivity index (χ4n) is 3.13. The summed E-state index contributed by atoms with van der Waals surface area (Å²) in [5.74, 6) is 0.0915. The van der Waals surface area contributed by atoms with Crippen LogP contribution in [0.4, 0.5) is 5.69 Å². The minimum Gasteiger partial charge on any atom is -0.497 e. The number of thiophene rings is 1. The number of aryl methyl sites for hydroxylation is 1. The van der Waals surface area contributed by atoms with Gasteiger partial charge >= 0.3 is 0 Å². The van der Waals surface area contributed by atoms with Crippen molar-refractivity contribution in [3.63, 3.8) is 0 Å². The van der Waals surface area contributed by atoms with Gasteiger partial charge in [0.1, 0.15) is 10.6 Å². The van der Waals surface area contributed by atoms with Crippen molar-refractivity contribution in [2.75, 3.05) is 12.4 Å². The summed E-state index contributed by atoms with van der Waals surface area (Å²) in [6.45, 7) is 1.99. The van der Waals surface area contributed by atoms with Crippen LogP contribution in [0.3, 0.4) is 0 Å². The first-order valence-electron chi connectivity index (χ1n) is 10.0. The van der Waals surface area contributed by atoms with Gasteiger partial charge in [0.2, 0.25) is 0 Å². The number of carbonyl (C=O) groups excluding carboxylic acids is 2. The predicted octanol–water partition coefficient (Wildman–Crippen LogP) is 5.89. The van der Waals surface area contributed by atoms with E-state index in [9.17, 15) is 9.59 Å². The molecular weight excluding hydrogens is 458 g/mol. The average molecular weight is 478 g/mol. The second-order valence-electron chi connectivity index (χ2n) is 7.25. The zero-order chi connectivity index (χ0) is 23.4. The van der Waals surface area contributed by atoms with Crippen molar-refractivity contribution in [1.82, 2.24) is 5.43 Å². The van der Waals surface area contributed by atoms with Crippen molar-refractivity contribution in [3.8, 4) is 5.75 Å². The molecule has 33 heavy (non-hydrogen) atoms. The second-order valence-corrected chi connectivity index (χ2v) is 8.68. The van der Waals surface area contributed by atoms with Gasteiger partial charge in [0.15, 0.2) is 0 Å². The van der Waals surface area contributed by atoms with E-state index in [4.69, 9.17) is 16.3 Å². The normalized spacial score (nSPS) is 11.0. The third kappa shape index (κ3) is 5.22. The molecule has 0 spiro atoms. The summed E-state index contributed by atoms with van der Waals surface area (Å²) >= 11 is 7.77. The molecule has 0 fully saturated rings. The molecule has 0 aliphatic carbocycles. The lowest BCUT2D eigenvalue weighted by molar-refractivity contribution is 0.0954. The lowest BCUT2D eigenvalue weighted by Crippen LogP contribution is -2.17. The van der Waals surface area contributed by atoms with E-state index in [1.807, 2.05) is 49.4 Å². The largest absolute Gasteiger partial charge is 0.497 e. The summed E-state index contributed by atoms with van der Waals surface area (Å²) in [5.41, 5.74) is 5.39. The number of rotatable bonds is 6. The van der Waals surface area contributed by atoms with Crippen molar-refractivity contribution in [2.24, 2.45) is 5.10 Å². The molecule has 4 rings (SSSR count).